The van der Waals surface area contributed by atoms with Crippen molar-refractivity contribution in [3.8, 4) is 17.6 Å². The third-order valence-corrected chi connectivity index (χ3v) is 2.26. The molecule has 0 aromatic heterocycles. The molecule has 0 bridgehead atoms. The number of hydrogen-bond acceptors (Lipinski definition) is 4. The van der Waals surface area contributed by atoms with Gasteiger partial charge in [0.05, 0.1) is 11.5 Å². The van der Waals surface area contributed by atoms with E-state index in [9.17, 15) is 14.9 Å². The third kappa shape index (κ3) is 4.82. The first-order valence-corrected chi connectivity index (χ1v) is 5.76. The molecule has 0 atom stereocenters. The number of rotatable bonds is 6. The van der Waals surface area contributed by atoms with Gasteiger partial charge in [-0.05, 0) is 24.6 Å². The van der Waals surface area contributed by atoms with E-state index < -0.39 is 10.9 Å². The molecule has 20 heavy (non-hydrogen) atoms. The van der Waals surface area contributed by atoms with Gasteiger partial charge in [0.2, 0.25) is 0 Å². The Kier molecular flexibility index (Phi) is 5.78. The van der Waals surface area contributed by atoms with Crippen LogP contribution in [-0.4, -0.2) is 22.6 Å². The number of carboxylic acids is 1. The number of nitro benzene ring substituents is 1. The van der Waals surface area contributed by atoms with Gasteiger partial charge in [0, 0.05) is 18.6 Å². The van der Waals surface area contributed by atoms with Crippen molar-refractivity contribution in [2.75, 3.05) is 6.61 Å². The van der Waals surface area contributed by atoms with Crippen molar-refractivity contribution in [3.63, 3.8) is 0 Å². The molecule has 1 N–H and O–H groups in total. The lowest BCUT2D eigenvalue weighted by Gasteiger charge is -2.05. The summed E-state index contributed by atoms with van der Waals surface area (Å²) in [5.41, 5.74) is 0.210. The van der Waals surface area contributed by atoms with E-state index in [0.717, 1.165) is 6.08 Å². The van der Waals surface area contributed by atoms with Crippen LogP contribution in [0, 0.1) is 22.0 Å². The van der Waals surface area contributed by atoms with Gasteiger partial charge in [0.15, 0.2) is 5.75 Å². The Labute approximate surface area is 115 Å². The van der Waals surface area contributed by atoms with Crippen LogP contribution in [0.1, 0.15) is 18.9 Å². The summed E-state index contributed by atoms with van der Waals surface area (Å²) in [6.45, 7) is 1.96. The van der Waals surface area contributed by atoms with Crippen molar-refractivity contribution in [3.05, 3.63) is 40.0 Å². The minimum absolute atomic E-state index is 0.139. The summed E-state index contributed by atoms with van der Waals surface area (Å²) in [6.07, 6.45) is 2.67. The summed E-state index contributed by atoms with van der Waals surface area (Å²) in [6, 6.07) is 4.26. The highest BCUT2D eigenvalue weighted by atomic mass is 16.6. The molecule has 1 aromatic carbocycles. The lowest BCUT2D eigenvalue weighted by Crippen LogP contribution is -2.00. The van der Waals surface area contributed by atoms with Gasteiger partial charge in [-0.15, -0.1) is 11.8 Å². The van der Waals surface area contributed by atoms with Crippen LogP contribution in [0.15, 0.2) is 24.3 Å². The van der Waals surface area contributed by atoms with Gasteiger partial charge in [-0.1, -0.05) is 6.07 Å². The van der Waals surface area contributed by atoms with E-state index in [4.69, 9.17) is 9.84 Å². The first-order valence-electron chi connectivity index (χ1n) is 5.76. The standard InChI is InChI=1S/C14H13NO5/c1-2-3-4-9-20-13-7-5-11(6-8-14(16)17)10-12(13)15(18)19/h5-8,10H,4,9H2,1H3,(H,16,17)/b8-6+. The molecule has 1 rings (SSSR count). The lowest BCUT2D eigenvalue weighted by atomic mass is 10.1. The van der Waals surface area contributed by atoms with Gasteiger partial charge in [-0.25, -0.2) is 4.79 Å². The molecule has 0 amide bonds. The summed E-state index contributed by atoms with van der Waals surface area (Å²) in [5, 5.41) is 19.5. The number of ether oxygens (including phenoxy) is 1. The Hall–Kier alpha value is -2.81. The minimum Gasteiger partial charge on any atom is -0.486 e. The number of carbonyl (C=O) groups is 1. The van der Waals surface area contributed by atoms with Crippen molar-refractivity contribution >= 4 is 17.7 Å². The van der Waals surface area contributed by atoms with Crippen molar-refractivity contribution in [1.29, 1.82) is 0 Å². The van der Waals surface area contributed by atoms with Crippen LogP contribution < -0.4 is 4.74 Å². The summed E-state index contributed by atoms with van der Waals surface area (Å²) in [7, 11) is 0. The summed E-state index contributed by atoms with van der Waals surface area (Å²) in [4.78, 5) is 20.8. The maximum Gasteiger partial charge on any atom is 0.328 e. The van der Waals surface area contributed by atoms with Crippen molar-refractivity contribution in [1.82, 2.24) is 0 Å². The highest BCUT2D eigenvalue weighted by Gasteiger charge is 2.15. The predicted molar refractivity (Wildman–Crippen MR) is 73.3 cm³/mol. The lowest BCUT2D eigenvalue weighted by molar-refractivity contribution is -0.385. The van der Waals surface area contributed by atoms with Gasteiger partial charge in [-0.3, -0.25) is 10.1 Å². The Balaban J connectivity index is 2.92. The number of carboxylic acid groups (broad SMARTS) is 1. The Bertz CT molecular complexity index is 595. The molecular formula is C14H13NO5. The van der Waals surface area contributed by atoms with Gasteiger partial charge in [-0.2, -0.15) is 0 Å². The third-order valence-electron chi connectivity index (χ3n) is 2.26. The molecule has 0 fully saturated rings. The molecule has 0 aliphatic rings. The fraction of sp³-hybridized carbons (Fsp3) is 0.214. The van der Waals surface area contributed by atoms with Crippen LogP contribution in [0.3, 0.4) is 0 Å². The van der Waals surface area contributed by atoms with E-state index in [0.29, 0.717) is 12.0 Å². The number of nitro groups is 1. The van der Waals surface area contributed by atoms with Gasteiger partial charge in [0.25, 0.3) is 0 Å². The molecular weight excluding hydrogens is 262 g/mol. The zero-order valence-corrected chi connectivity index (χ0v) is 10.8. The van der Waals surface area contributed by atoms with Crippen molar-refractivity contribution in [2.45, 2.75) is 13.3 Å². The van der Waals surface area contributed by atoms with E-state index in [-0.39, 0.29) is 18.0 Å². The molecule has 1 aromatic rings. The smallest absolute Gasteiger partial charge is 0.328 e. The Morgan fingerprint density at radius 2 is 2.30 bits per heavy atom. The summed E-state index contributed by atoms with van der Waals surface area (Å²) in [5.74, 6) is 4.51. The average molecular weight is 275 g/mol. The molecule has 104 valence electrons. The number of benzene rings is 1. The highest BCUT2D eigenvalue weighted by Crippen LogP contribution is 2.28. The van der Waals surface area contributed by atoms with Crippen LogP contribution in [0.5, 0.6) is 5.75 Å². The second kappa shape index (κ2) is 7.59. The Morgan fingerprint density at radius 1 is 1.55 bits per heavy atom. The molecule has 0 heterocycles. The van der Waals surface area contributed by atoms with E-state index >= 15 is 0 Å². The largest absolute Gasteiger partial charge is 0.486 e. The summed E-state index contributed by atoms with van der Waals surface area (Å²) < 4.78 is 5.30. The molecule has 0 saturated carbocycles. The molecule has 6 heteroatoms. The van der Waals surface area contributed by atoms with Gasteiger partial charge < -0.3 is 9.84 Å². The second-order valence-corrected chi connectivity index (χ2v) is 3.68. The first kappa shape index (κ1) is 15.2. The minimum atomic E-state index is -1.12. The normalized spacial score (nSPS) is 9.85. The fourth-order valence-corrected chi connectivity index (χ4v) is 1.41. The molecule has 0 radical (unpaired) electrons. The molecule has 0 aliphatic carbocycles. The Morgan fingerprint density at radius 3 is 2.90 bits per heavy atom. The molecule has 0 aliphatic heterocycles. The molecule has 0 spiro atoms. The van der Waals surface area contributed by atoms with Gasteiger partial charge >= 0.3 is 11.7 Å². The zero-order chi connectivity index (χ0) is 15.0. The quantitative estimate of drug-likeness (QED) is 0.283. The maximum atomic E-state index is 11.0. The number of aliphatic carboxylic acids is 1. The number of hydrogen-bond donors (Lipinski definition) is 1. The topological polar surface area (TPSA) is 89.7 Å². The monoisotopic (exact) mass is 275 g/mol. The summed E-state index contributed by atoms with van der Waals surface area (Å²) >= 11 is 0. The average Bonchev–Trinajstić information content (AvgIpc) is 2.41. The predicted octanol–water partition coefficient (Wildman–Crippen LogP) is 2.48. The number of nitrogens with zero attached hydrogens (tertiary/aromatic N) is 1. The van der Waals surface area contributed by atoms with E-state index in [1.54, 1.807) is 13.0 Å². The first-order chi connectivity index (χ1) is 9.54. The van der Waals surface area contributed by atoms with Crippen LogP contribution in [0.2, 0.25) is 0 Å². The van der Waals surface area contributed by atoms with Crippen molar-refractivity contribution in [2.24, 2.45) is 0 Å². The zero-order valence-electron chi connectivity index (χ0n) is 10.8. The van der Waals surface area contributed by atoms with Crippen molar-refractivity contribution < 1.29 is 19.6 Å². The SMILES string of the molecule is CC#CCCOc1ccc(/C=C/C(=O)O)cc1[N+](=O)[O-]. The highest BCUT2D eigenvalue weighted by molar-refractivity contribution is 5.85. The molecule has 6 nitrogen and oxygen atoms in total. The molecule has 0 unspecified atom stereocenters. The van der Waals surface area contributed by atoms with E-state index in [1.165, 1.54) is 18.2 Å². The van der Waals surface area contributed by atoms with Crippen LogP contribution in [0.25, 0.3) is 6.08 Å². The van der Waals surface area contributed by atoms with Crippen LogP contribution in [0.4, 0.5) is 5.69 Å². The molecule has 0 saturated heterocycles. The van der Waals surface area contributed by atoms with E-state index in [1.807, 2.05) is 0 Å². The van der Waals surface area contributed by atoms with Crippen LogP contribution >= 0.6 is 0 Å². The van der Waals surface area contributed by atoms with Gasteiger partial charge in [0.1, 0.15) is 0 Å². The van der Waals surface area contributed by atoms with E-state index in [2.05, 4.69) is 11.8 Å². The fourth-order valence-electron chi connectivity index (χ4n) is 1.41. The second-order valence-electron chi connectivity index (χ2n) is 3.68. The maximum absolute atomic E-state index is 11.0. The van der Waals surface area contributed by atoms with Crippen LogP contribution in [-0.2, 0) is 4.79 Å².